The molecule has 2 rings (SSSR count). The van der Waals surface area contributed by atoms with Gasteiger partial charge in [0.05, 0.1) is 17.9 Å². The largest absolute Gasteiger partial charge is 0.497 e. The van der Waals surface area contributed by atoms with E-state index < -0.39 is 10.8 Å². The lowest BCUT2D eigenvalue weighted by atomic mass is 9.96. The van der Waals surface area contributed by atoms with Gasteiger partial charge in [-0.3, -0.25) is 4.21 Å². The topological polar surface area (TPSA) is 65.2 Å². The summed E-state index contributed by atoms with van der Waals surface area (Å²) in [5.41, 5.74) is -0.191. The molecule has 0 saturated heterocycles. The van der Waals surface area contributed by atoms with Gasteiger partial charge in [0.15, 0.2) is 5.82 Å². The zero-order chi connectivity index (χ0) is 15.6. The molecule has 1 heterocycles. The lowest BCUT2D eigenvalue weighted by molar-refractivity contribution is 0.363. The monoisotopic (exact) mass is 308 g/mol. The summed E-state index contributed by atoms with van der Waals surface area (Å²) in [6, 6.07) is 7.14. The molecule has 2 aromatic rings. The summed E-state index contributed by atoms with van der Waals surface area (Å²) in [6.07, 6.45) is 0. The molecule has 0 aliphatic carbocycles. The van der Waals surface area contributed by atoms with Gasteiger partial charge in [-0.2, -0.15) is 4.98 Å². The van der Waals surface area contributed by atoms with Crippen molar-refractivity contribution >= 4 is 10.8 Å². The summed E-state index contributed by atoms with van der Waals surface area (Å²) in [4.78, 5) is 5.07. The molecule has 2 atom stereocenters. The summed E-state index contributed by atoms with van der Waals surface area (Å²) in [5, 5.41) is 3.61. The van der Waals surface area contributed by atoms with Crippen molar-refractivity contribution in [1.29, 1.82) is 0 Å². The van der Waals surface area contributed by atoms with E-state index in [4.69, 9.17) is 9.26 Å². The first-order valence-electron chi connectivity index (χ1n) is 6.71. The maximum absolute atomic E-state index is 12.5. The molecule has 0 radical (unpaired) electrons. The fourth-order valence-electron chi connectivity index (χ4n) is 1.71. The minimum Gasteiger partial charge on any atom is -0.497 e. The predicted molar refractivity (Wildman–Crippen MR) is 80.8 cm³/mol. The van der Waals surface area contributed by atoms with Crippen LogP contribution in [0, 0.1) is 0 Å². The molecule has 0 saturated carbocycles. The number of hydrogen-bond acceptors (Lipinski definition) is 5. The quantitative estimate of drug-likeness (QED) is 0.867. The number of nitrogens with zero attached hydrogens (tertiary/aromatic N) is 2. The second kappa shape index (κ2) is 5.97. The van der Waals surface area contributed by atoms with Crippen LogP contribution in [0.25, 0.3) is 0 Å². The van der Waals surface area contributed by atoms with Crippen LogP contribution >= 0.6 is 0 Å². The third kappa shape index (κ3) is 3.50. The Balaban J connectivity index is 2.20. The Morgan fingerprint density at radius 3 is 2.33 bits per heavy atom. The van der Waals surface area contributed by atoms with Crippen LogP contribution in [0.2, 0.25) is 0 Å². The van der Waals surface area contributed by atoms with Gasteiger partial charge >= 0.3 is 0 Å². The van der Waals surface area contributed by atoms with Gasteiger partial charge in [0.1, 0.15) is 11.0 Å². The first kappa shape index (κ1) is 15.7. The van der Waals surface area contributed by atoms with Gasteiger partial charge in [-0.25, -0.2) is 0 Å². The third-order valence-corrected chi connectivity index (χ3v) is 4.65. The van der Waals surface area contributed by atoms with Gasteiger partial charge in [-0.1, -0.05) is 25.9 Å². The minimum absolute atomic E-state index is 0.191. The molecule has 1 aromatic carbocycles. The van der Waals surface area contributed by atoms with E-state index in [-0.39, 0.29) is 10.7 Å². The van der Waals surface area contributed by atoms with Crippen molar-refractivity contribution in [3.63, 3.8) is 0 Å². The van der Waals surface area contributed by atoms with E-state index in [9.17, 15) is 4.21 Å². The van der Waals surface area contributed by atoms with E-state index >= 15 is 0 Å². The second-order valence-electron chi connectivity index (χ2n) is 5.82. The average Bonchev–Trinajstić information content (AvgIpc) is 2.95. The number of methoxy groups -OCH3 is 1. The van der Waals surface area contributed by atoms with Crippen LogP contribution in [0.5, 0.6) is 5.75 Å². The van der Waals surface area contributed by atoms with E-state index in [0.29, 0.717) is 16.6 Å². The van der Waals surface area contributed by atoms with Crippen molar-refractivity contribution in [2.24, 2.45) is 0 Å². The summed E-state index contributed by atoms with van der Waals surface area (Å²) in [5.74, 6) is 1.75. The maximum atomic E-state index is 12.5. The van der Waals surface area contributed by atoms with Crippen molar-refractivity contribution in [3.05, 3.63) is 36.0 Å². The highest BCUT2D eigenvalue weighted by Gasteiger charge is 2.26. The van der Waals surface area contributed by atoms with E-state index in [1.54, 1.807) is 31.4 Å². The Bertz CT molecular complexity index is 629. The highest BCUT2D eigenvalue weighted by Crippen LogP contribution is 2.27. The Morgan fingerprint density at radius 1 is 1.24 bits per heavy atom. The van der Waals surface area contributed by atoms with Crippen LogP contribution in [0.3, 0.4) is 0 Å². The van der Waals surface area contributed by atoms with Crippen LogP contribution in [0.4, 0.5) is 0 Å². The van der Waals surface area contributed by atoms with Gasteiger partial charge in [-0.05, 0) is 31.2 Å². The van der Waals surface area contributed by atoms with Gasteiger partial charge in [-0.15, -0.1) is 0 Å². The molecule has 0 aliphatic rings. The predicted octanol–water partition coefficient (Wildman–Crippen LogP) is 3.24. The summed E-state index contributed by atoms with van der Waals surface area (Å²) in [6.45, 7) is 7.84. The molecule has 0 spiro atoms. The molecule has 6 heteroatoms. The zero-order valence-electron chi connectivity index (χ0n) is 12.9. The molecule has 114 valence electrons. The first-order chi connectivity index (χ1) is 9.82. The van der Waals surface area contributed by atoms with Gasteiger partial charge in [0.25, 0.3) is 0 Å². The minimum atomic E-state index is -1.25. The molecule has 0 bridgehead atoms. The van der Waals surface area contributed by atoms with E-state index in [0.717, 1.165) is 5.75 Å². The third-order valence-electron chi connectivity index (χ3n) is 3.07. The van der Waals surface area contributed by atoms with Gasteiger partial charge < -0.3 is 9.26 Å². The number of ether oxygens (including phenoxy) is 1. The SMILES string of the molecule is COc1ccc([S@](=O)[C@H](C)c2nc(C(C)(C)C)no2)cc1. The number of rotatable bonds is 4. The van der Waals surface area contributed by atoms with Crippen LogP contribution in [0.1, 0.15) is 44.7 Å². The summed E-state index contributed by atoms with van der Waals surface area (Å²) in [7, 11) is 0.344. The molecule has 0 unspecified atom stereocenters. The van der Waals surface area contributed by atoms with E-state index in [1.165, 1.54) is 0 Å². The molecule has 5 nitrogen and oxygen atoms in total. The molecule has 1 aromatic heterocycles. The fraction of sp³-hybridized carbons (Fsp3) is 0.467. The summed E-state index contributed by atoms with van der Waals surface area (Å²) < 4.78 is 22.9. The standard InChI is InChI=1S/C15H20N2O3S/c1-10(13-16-14(17-20-13)15(2,3)4)21(18)12-8-6-11(19-5)7-9-12/h6-10H,1-5H3/t10-,21-/m1/s1. The molecule has 0 fully saturated rings. The Hall–Kier alpha value is -1.69. The molecular weight excluding hydrogens is 288 g/mol. The molecular formula is C15H20N2O3S. The smallest absolute Gasteiger partial charge is 0.242 e. The number of aromatic nitrogens is 2. The highest BCUT2D eigenvalue weighted by atomic mass is 32.2. The Morgan fingerprint density at radius 2 is 1.86 bits per heavy atom. The van der Waals surface area contributed by atoms with E-state index in [2.05, 4.69) is 10.1 Å². The molecule has 0 N–H and O–H groups in total. The van der Waals surface area contributed by atoms with Crippen molar-refractivity contribution in [1.82, 2.24) is 10.1 Å². The van der Waals surface area contributed by atoms with E-state index in [1.807, 2.05) is 27.7 Å². The Labute approximate surface area is 127 Å². The van der Waals surface area contributed by atoms with Crippen molar-refractivity contribution in [3.8, 4) is 5.75 Å². The lowest BCUT2D eigenvalue weighted by Crippen LogP contribution is -2.13. The second-order valence-corrected chi connectivity index (χ2v) is 7.59. The lowest BCUT2D eigenvalue weighted by Gasteiger charge is -2.11. The first-order valence-corrected chi connectivity index (χ1v) is 7.93. The molecule has 0 amide bonds. The number of hydrogen-bond donors (Lipinski definition) is 0. The summed E-state index contributed by atoms with van der Waals surface area (Å²) >= 11 is 0. The van der Waals surface area contributed by atoms with Crippen LogP contribution in [0.15, 0.2) is 33.7 Å². The van der Waals surface area contributed by atoms with Crippen molar-refractivity contribution in [2.45, 2.75) is 43.3 Å². The average molecular weight is 308 g/mol. The highest BCUT2D eigenvalue weighted by molar-refractivity contribution is 7.85. The van der Waals surface area contributed by atoms with Gasteiger partial charge in [0, 0.05) is 10.3 Å². The number of benzene rings is 1. The fourth-order valence-corrected chi connectivity index (χ4v) is 2.80. The van der Waals surface area contributed by atoms with Crippen molar-refractivity contribution < 1.29 is 13.5 Å². The normalized spacial score (nSPS) is 14.7. The van der Waals surface area contributed by atoms with Crippen molar-refractivity contribution in [2.75, 3.05) is 7.11 Å². The van der Waals surface area contributed by atoms with Crippen LogP contribution < -0.4 is 4.74 Å². The molecule has 21 heavy (non-hydrogen) atoms. The maximum Gasteiger partial charge on any atom is 0.242 e. The molecule has 0 aliphatic heterocycles. The van der Waals surface area contributed by atoms with Gasteiger partial charge in [0.2, 0.25) is 5.89 Å². The van der Waals surface area contributed by atoms with Crippen LogP contribution in [-0.2, 0) is 16.2 Å². The Kier molecular flexibility index (Phi) is 4.46. The zero-order valence-corrected chi connectivity index (χ0v) is 13.7. The van der Waals surface area contributed by atoms with Crippen LogP contribution in [-0.4, -0.2) is 21.5 Å².